The minimum Gasteiger partial charge on any atom is -0.449 e. The van der Waals surface area contributed by atoms with E-state index < -0.39 is 0 Å². The summed E-state index contributed by atoms with van der Waals surface area (Å²) in [5, 5.41) is 3.91. The Morgan fingerprint density at radius 2 is 2.24 bits per heavy atom. The van der Waals surface area contributed by atoms with Crippen LogP contribution in [-0.2, 0) is 0 Å². The molecule has 1 aliphatic rings. The summed E-state index contributed by atoms with van der Waals surface area (Å²) in [5.41, 5.74) is 6.60. The van der Waals surface area contributed by atoms with Gasteiger partial charge in [0, 0.05) is 13.0 Å². The van der Waals surface area contributed by atoms with Crippen LogP contribution in [0.2, 0.25) is 0 Å². The Kier molecular flexibility index (Phi) is 2.44. The Hall–Kier alpha value is -1.69. The van der Waals surface area contributed by atoms with Crippen molar-refractivity contribution in [2.75, 3.05) is 0 Å². The summed E-state index contributed by atoms with van der Waals surface area (Å²) in [4.78, 5) is 8.50. The summed E-state index contributed by atoms with van der Waals surface area (Å²) < 4.78 is 10.4. The summed E-state index contributed by atoms with van der Waals surface area (Å²) >= 11 is 0. The van der Waals surface area contributed by atoms with Crippen LogP contribution in [0.1, 0.15) is 37.0 Å². The van der Waals surface area contributed by atoms with Gasteiger partial charge in [0.15, 0.2) is 5.89 Å². The van der Waals surface area contributed by atoms with Gasteiger partial charge in [0.25, 0.3) is 0 Å². The molecule has 1 fully saturated rings. The monoisotopic (exact) mass is 234 g/mol. The summed E-state index contributed by atoms with van der Waals surface area (Å²) in [6.45, 7) is 1.78. The van der Waals surface area contributed by atoms with Crippen molar-refractivity contribution in [2.24, 2.45) is 5.73 Å². The zero-order valence-electron chi connectivity index (χ0n) is 9.59. The molecule has 0 aliphatic heterocycles. The summed E-state index contributed by atoms with van der Waals surface area (Å²) in [6.07, 6.45) is 4.68. The topological polar surface area (TPSA) is 91.0 Å². The largest absolute Gasteiger partial charge is 0.449 e. The van der Waals surface area contributed by atoms with Gasteiger partial charge in [-0.3, -0.25) is 0 Å². The lowest BCUT2D eigenvalue weighted by atomic mass is 10.1. The molecule has 2 N–H and O–H groups in total. The van der Waals surface area contributed by atoms with Crippen LogP contribution in [0, 0.1) is 6.92 Å². The van der Waals surface area contributed by atoms with Crippen molar-refractivity contribution in [1.82, 2.24) is 15.1 Å². The average Bonchev–Trinajstić information content (AvgIpc) is 2.97. The minimum atomic E-state index is 0.127. The van der Waals surface area contributed by atoms with Crippen molar-refractivity contribution < 1.29 is 8.94 Å². The van der Waals surface area contributed by atoms with Crippen LogP contribution in [0.15, 0.2) is 15.2 Å². The second kappa shape index (κ2) is 3.96. The van der Waals surface area contributed by atoms with Gasteiger partial charge in [-0.1, -0.05) is 11.6 Å². The Morgan fingerprint density at radius 3 is 2.88 bits per heavy atom. The molecule has 2 atom stereocenters. The van der Waals surface area contributed by atoms with E-state index in [1.807, 2.05) is 0 Å². The van der Waals surface area contributed by atoms with E-state index >= 15 is 0 Å². The summed E-state index contributed by atoms with van der Waals surface area (Å²) in [6, 6.07) is 0.127. The van der Waals surface area contributed by atoms with E-state index in [4.69, 9.17) is 14.7 Å². The van der Waals surface area contributed by atoms with Crippen LogP contribution in [0.5, 0.6) is 0 Å². The summed E-state index contributed by atoms with van der Waals surface area (Å²) in [7, 11) is 0. The third-order valence-corrected chi connectivity index (χ3v) is 3.18. The first-order valence-corrected chi connectivity index (χ1v) is 5.76. The molecular weight excluding hydrogens is 220 g/mol. The van der Waals surface area contributed by atoms with Gasteiger partial charge in [0.2, 0.25) is 11.7 Å². The molecule has 1 saturated carbocycles. The second-order valence-corrected chi connectivity index (χ2v) is 4.41. The Morgan fingerprint density at radius 1 is 1.35 bits per heavy atom. The van der Waals surface area contributed by atoms with Crippen LogP contribution in [0.3, 0.4) is 0 Å². The molecule has 17 heavy (non-hydrogen) atoms. The third kappa shape index (κ3) is 1.84. The smallest absolute Gasteiger partial charge is 0.231 e. The molecule has 2 aromatic rings. The number of aryl methyl sites for hydroxylation is 1. The molecule has 90 valence electrons. The highest BCUT2D eigenvalue weighted by Crippen LogP contribution is 2.33. The second-order valence-electron chi connectivity index (χ2n) is 4.41. The fraction of sp³-hybridized carbons (Fsp3) is 0.545. The molecule has 6 heteroatoms. The standard InChI is InChI=1S/C11H14N4O2/c1-6-13-9(5-16-6)10-14-11(17-15-10)7-3-2-4-8(7)12/h5,7-8H,2-4,12H2,1H3. The molecule has 3 rings (SSSR count). The SMILES string of the molecule is Cc1nc(-c2noc(C3CCCC3N)n2)co1. The average molecular weight is 234 g/mol. The van der Waals surface area contributed by atoms with Crippen LogP contribution in [0.4, 0.5) is 0 Å². The zero-order valence-corrected chi connectivity index (χ0v) is 9.59. The third-order valence-electron chi connectivity index (χ3n) is 3.18. The van der Waals surface area contributed by atoms with Gasteiger partial charge >= 0.3 is 0 Å². The van der Waals surface area contributed by atoms with E-state index in [2.05, 4.69) is 15.1 Å². The van der Waals surface area contributed by atoms with Gasteiger partial charge in [-0.25, -0.2) is 4.98 Å². The van der Waals surface area contributed by atoms with Crippen LogP contribution in [-0.4, -0.2) is 21.2 Å². The van der Waals surface area contributed by atoms with Gasteiger partial charge in [-0.2, -0.15) is 4.98 Å². The molecule has 6 nitrogen and oxygen atoms in total. The molecular formula is C11H14N4O2. The van der Waals surface area contributed by atoms with Crippen molar-refractivity contribution in [3.8, 4) is 11.5 Å². The maximum atomic E-state index is 6.00. The molecule has 2 heterocycles. The number of nitrogens with zero attached hydrogens (tertiary/aromatic N) is 3. The number of nitrogens with two attached hydrogens (primary N) is 1. The van der Waals surface area contributed by atoms with Crippen molar-refractivity contribution in [3.63, 3.8) is 0 Å². The fourth-order valence-corrected chi connectivity index (χ4v) is 2.25. The fourth-order valence-electron chi connectivity index (χ4n) is 2.25. The van der Waals surface area contributed by atoms with Crippen molar-refractivity contribution in [2.45, 2.75) is 38.1 Å². The molecule has 0 aromatic carbocycles. The van der Waals surface area contributed by atoms with Gasteiger partial charge in [0.05, 0.1) is 5.92 Å². The molecule has 0 saturated heterocycles. The Balaban J connectivity index is 1.87. The summed E-state index contributed by atoms with van der Waals surface area (Å²) in [5.74, 6) is 1.86. The molecule has 2 unspecified atom stereocenters. The number of oxazole rings is 1. The van der Waals surface area contributed by atoms with Gasteiger partial charge in [-0.05, 0) is 12.8 Å². The highest BCUT2D eigenvalue weighted by molar-refractivity contribution is 5.45. The Bertz CT molecular complexity index is 519. The predicted molar refractivity (Wildman–Crippen MR) is 59.1 cm³/mol. The maximum absolute atomic E-state index is 6.00. The molecule has 1 aliphatic carbocycles. The van der Waals surface area contributed by atoms with E-state index in [9.17, 15) is 0 Å². The lowest BCUT2D eigenvalue weighted by Gasteiger charge is -2.08. The highest BCUT2D eigenvalue weighted by atomic mass is 16.5. The van der Waals surface area contributed by atoms with E-state index in [0.717, 1.165) is 19.3 Å². The van der Waals surface area contributed by atoms with Gasteiger partial charge < -0.3 is 14.7 Å². The molecule has 2 aromatic heterocycles. The minimum absolute atomic E-state index is 0.127. The van der Waals surface area contributed by atoms with E-state index in [-0.39, 0.29) is 12.0 Å². The van der Waals surface area contributed by atoms with Gasteiger partial charge in [-0.15, -0.1) is 0 Å². The first-order valence-electron chi connectivity index (χ1n) is 5.76. The number of hydrogen-bond donors (Lipinski definition) is 1. The number of hydrogen-bond acceptors (Lipinski definition) is 6. The molecule has 0 bridgehead atoms. The molecule has 0 radical (unpaired) electrons. The van der Waals surface area contributed by atoms with Crippen LogP contribution >= 0.6 is 0 Å². The van der Waals surface area contributed by atoms with Gasteiger partial charge in [0.1, 0.15) is 12.0 Å². The first kappa shape index (κ1) is 10.5. The van der Waals surface area contributed by atoms with E-state index in [1.54, 1.807) is 6.92 Å². The lowest BCUT2D eigenvalue weighted by Crippen LogP contribution is -2.22. The van der Waals surface area contributed by atoms with Crippen LogP contribution < -0.4 is 5.73 Å². The van der Waals surface area contributed by atoms with Crippen molar-refractivity contribution in [1.29, 1.82) is 0 Å². The molecule has 0 spiro atoms. The quantitative estimate of drug-likeness (QED) is 0.849. The van der Waals surface area contributed by atoms with E-state index in [0.29, 0.717) is 23.3 Å². The van der Waals surface area contributed by atoms with Crippen LogP contribution in [0.25, 0.3) is 11.5 Å². The number of rotatable bonds is 2. The Labute approximate surface area is 98.2 Å². The van der Waals surface area contributed by atoms with E-state index in [1.165, 1.54) is 6.26 Å². The highest BCUT2D eigenvalue weighted by Gasteiger charge is 2.30. The van der Waals surface area contributed by atoms with Crippen molar-refractivity contribution >= 4 is 0 Å². The van der Waals surface area contributed by atoms with Crippen molar-refractivity contribution in [3.05, 3.63) is 18.0 Å². The molecule has 0 amide bonds. The maximum Gasteiger partial charge on any atom is 0.231 e. The number of aromatic nitrogens is 3. The lowest BCUT2D eigenvalue weighted by molar-refractivity contribution is 0.345. The predicted octanol–water partition coefficient (Wildman–Crippen LogP) is 1.63. The normalized spacial score (nSPS) is 24.4. The first-order chi connectivity index (χ1) is 8.24. The zero-order chi connectivity index (χ0) is 11.8.